The maximum atomic E-state index is 12.5. The van der Waals surface area contributed by atoms with Crippen molar-refractivity contribution in [2.75, 3.05) is 21.0 Å². The summed E-state index contributed by atoms with van der Waals surface area (Å²) in [6, 6.07) is 3.10. The van der Waals surface area contributed by atoms with Crippen molar-refractivity contribution in [1.82, 2.24) is 4.98 Å². The van der Waals surface area contributed by atoms with Gasteiger partial charge in [-0.05, 0) is 17.7 Å². The number of nitrogens with one attached hydrogen (secondary N) is 1. The Labute approximate surface area is 158 Å². The molecule has 4 N–H and O–H groups in total. The zero-order valence-corrected chi connectivity index (χ0v) is 15.1. The van der Waals surface area contributed by atoms with Gasteiger partial charge in [-0.15, -0.1) is 0 Å². The molecule has 0 unspecified atom stereocenters. The third-order valence-electron chi connectivity index (χ3n) is 4.34. The van der Waals surface area contributed by atoms with Gasteiger partial charge < -0.3 is 34.8 Å². The number of carbonyl (C=O) groups is 2. The van der Waals surface area contributed by atoms with Crippen LogP contribution >= 0.6 is 0 Å². The third kappa shape index (κ3) is 3.31. The van der Waals surface area contributed by atoms with Crippen LogP contribution in [0.25, 0.3) is 0 Å². The molecule has 28 heavy (non-hydrogen) atoms. The van der Waals surface area contributed by atoms with Crippen LogP contribution in [-0.2, 0) is 9.53 Å². The molecule has 0 aliphatic carbocycles. The molecule has 0 saturated heterocycles. The molecule has 0 fully saturated rings. The number of ether oxygens (including phenoxy) is 4. The maximum Gasteiger partial charge on any atom is 0.343 e. The second-order valence-electron chi connectivity index (χ2n) is 5.97. The summed E-state index contributed by atoms with van der Waals surface area (Å²) in [5, 5.41) is 10.6. The minimum atomic E-state index is -0.978. The predicted molar refractivity (Wildman–Crippen MR) is 94.8 cm³/mol. The summed E-state index contributed by atoms with van der Waals surface area (Å²) >= 11 is 0. The van der Waals surface area contributed by atoms with Gasteiger partial charge in [-0.2, -0.15) is 0 Å². The number of hydrogen-bond acceptors (Lipinski definition) is 8. The SMILES string of the molecule is COC(=O)c1c[nH]c(=O)c([C@H](CC(N)=O)c2cc(OC)c3c(c2)OCO3)c1O. The number of carbonyl (C=O) groups excluding carboxylic acids is 2. The van der Waals surface area contributed by atoms with Crippen LogP contribution in [0.1, 0.15) is 33.8 Å². The van der Waals surface area contributed by atoms with Gasteiger partial charge in [-0.3, -0.25) is 9.59 Å². The quantitative estimate of drug-likeness (QED) is 0.607. The smallest absolute Gasteiger partial charge is 0.343 e. The van der Waals surface area contributed by atoms with E-state index in [9.17, 15) is 19.5 Å². The van der Waals surface area contributed by atoms with Crippen LogP contribution < -0.4 is 25.5 Å². The number of aromatic amines is 1. The molecule has 2 aromatic rings. The predicted octanol–water partition coefficient (Wildman–Crippen LogP) is 0.612. The Bertz CT molecular complexity index is 998. The summed E-state index contributed by atoms with van der Waals surface area (Å²) in [5.41, 5.74) is 4.63. The Kier molecular flexibility index (Phi) is 5.12. The number of hydrogen-bond donors (Lipinski definition) is 3. The van der Waals surface area contributed by atoms with E-state index < -0.39 is 29.1 Å². The molecule has 3 rings (SSSR count). The fourth-order valence-electron chi connectivity index (χ4n) is 3.06. The van der Waals surface area contributed by atoms with Crippen LogP contribution in [0.3, 0.4) is 0 Å². The number of esters is 1. The molecule has 0 radical (unpaired) electrons. The van der Waals surface area contributed by atoms with E-state index in [1.54, 1.807) is 12.1 Å². The molecular weight excluding hydrogens is 372 g/mol. The highest BCUT2D eigenvalue weighted by molar-refractivity contribution is 5.92. The summed E-state index contributed by atoms with van der Waals surface area (Å²) in [6.07, 6.45) is 0.721. The molecule has 0 spiro atoms. The van der Waals surface area contributed by atoms with Gasteiger partial charge in [0.25, 0.3) is 5.56 Å². The number of benzene rings is 1. The van der Waals surface area contributed by atoms with E-state index in [1.165, 1.54) is 7.11 Å². The van der Waals surface area contributed by atoms with Crippen molar-refractivity contribution >= 4 is 11.9 Å². The summed E-state index contributed by atoms with van der Waals surface area (Å²) in [7, 11) is 2.56. The number of nitrogens with two attached hydrogens (primary N) is 1. The molecule has 2 heterocycles. The number of rotatable bonds is 6. The zero-order chi connectivity index (χ0) is 20.4. The molecule has 10 heteroatoms. The average Bonchev–Trinajstić information content (AvgIpc) is 3.14. The normalized spacial score (nSPS) is 13.1. The number of aromatic nitrogens is 1. The average molecular weight is 390 g/mol. The standard InChI is InChI=1S/C18H18N2O8/c1-25-11-3-8(4-12-16(11)28-7-27-12)9(5-13(19)21)14-15(22)10(18(24)26-2)6-20-17(14)23/h3-4,6,9H,5,7H2,1-2H3,(H2,19,21)(H2,20,22,23)/t9-/m1/s1. The molecule has 1 aromatic carbocycles. The molecule has 10 nitrogen and oxygen atoms in total. The van der Waals surface area contributed by atoms with Gasteiger partial charge in [0, 0.05) is 18.5 Å². The second kappa shape index (κ2) is 7.51. The van der Waals surface area contributed by atoms with Gasteiger partial charge in [0.15, 0.2) is 11.5 Å². The van der Waals surface area contributed by atoms with Gasteiger partial charge in [0.2, 0.25) is 18.4 Å². The fraction of sp³-hybridized carbons (Fsp3) is 0.278. The number of methoxy groups -OCH3 is 2. The van der Waals surface area contributed by atoms with Crippen molar-refractivity contribution < 1.29 is 33.6 Å². The van der Waals surface area contributed by atoms with Crippen molar-refractivity contribution in [2.45, 2.75) is 12.3 Å². The highest BCUT2D eigenvalue weighted by atomic mass is 16.7. The number of fused-ring (bicyclic) bond motifs is 1. The van der Waals surface area contributed by atoms with Crippen LogP contribution in [0, 0.1) is 0 Å². The van der Waals surface area contributed by atoms with Crippen molar-refractivity contribution in [3.63, 3.8) is 0 Å². The molecule has 148 valence electrons. The number of pyridine rings is 1. The number of primary amides is 1. The van der Waals surface area contributed by atoms with E-state index in [0.717, 1.165) is 13.3 Å². The highest BCUT2D eigenvalue weighted by Gasteiger charge is 2.30. The molecule has 1 aliphatic heterocycles. The molecule has 1 amide bonds. The molecule has 1 atom stereocenters. The van der Waals surface area contributed by atoms with Gasteiger partial charge in [0.05, 0.1) is 19.8 Å². The lowest BCUT2D eigenvalue weighted by Crippen LogP contribution is -2.24. The van der Waals surface area contributed by atoms with Crippen LogP contribution in [0.5, 0.6) is 23.0 Å². The Hall–Kier alpha value is -3.69. The first-order chi connectivity index (χ1) is 13.4. The van der Waals surface area contributed by atoms with Gasteiger partial charge in [0.1, 0.15) is 11.3 Å². The van der Waals surface area contributed by atoms with Crippen LogP contribution in [-0.4, -0.2) is 43.0 Å². The lowest BCUT2D eigenvalue weighted by atomic mass is 9.87. The van der Waals surface area contributed by atoms with E-state index in [0.29, 0.717) is 22.8 Å². The van der Waals surface area contributed by atoms with Gasteiger partial charge in [-0.25, -0.2) is 4.79 Å². The van der Waals surface area contributed by atoms with Crippen LogP contribution in [0.15, 0.2) is 23.1 Å². The lowest BCUT2D eigenvalue weighted by molar-refractivity contribution is -0.118. The Morgan fingerprint density at radius 2 is 2.07 bits per heavy atom. The van der Waals surface area contributed by atoms with Crippen molar-refractivity contribution in [3.05, 3.63) is 45.4 Å². The maximum absolute atomic E-state index is 12.5. The Morgan fingerprint density at radius 1 is 1.32 bits per heavy atom. The number of H-pyrrole nitrogens is 1. The van der Waals surface area contributed by atoms with E-state index in [4.69, 9.17) is 19.9 Å². The van der Waals surface area contributed by atoms with Crippen molar-refractivity contribution in [2.24, 2.45) is 5.73 Å². The van der Waals surface area contributed by atoms with Crippen molar-refractivity contribution in [1.29, 1.82) is 0 Å². The van der Waals surface area contributed by atoms with E-state index in [1.807, 2.05) is 0 Å². The molecule has 1 aliphatic rings. The fourth-order valence-corrected chi connectivity index (χ4v) is 3.06. The van der Waals surface area contributed by atoms with Crippen molar-refractivity contribution in [3.8, 4) is 23.0 Å². The molecule has 0 saturated carbocycles. The van der Waals surface area contributed by atoms with E-state index in [2.05, 4.69) is 9.72 Å². The zero-order valence-electron chi connectivity index (χ0n) is 15.1. The van der Waals surface area contributed by atoms with Crippen LogP contribution in [0.2, 0.25) is 0 Å². The lowest BCUT2D eigenvalue weighted by Gasteiger charge is -2.19. The van der Waals surface area contributed by atoms with Gasteiger partial charge in [-0.1, -0.05) is 0 Å². The topological polar surface area (TPSA) is 150 Å². The highest BCUT2D eigenvalue weighted by Crippen LogP contribution is 2.45. The van der Waals surface area contributed by atoms with Gasteiger partial charge >= 0.3 is 5.97 Å². The van der Waals surface area contributed by atoms with E-state index >= 15 is 0 Å². The molecule has 0 bridgehead atoms. The first kappa shape index (κ1) is 19.1. The summed E-state index contributed by atoms with van der Waals surface area (Å²) in [6.45, 7) is -0.0146. The second-order valence-corrected chi connectivity index (χ2v) is 5.97. The largest absolute Gasteiger partial charge is 0.506 e. The number of amides is 1. The first-order valence-corrected chi connectivity index (χ1v) is 8.16. The molecular formula is C18H18N2O8. The Morgan fingerprint density at radius 3 is 2.71 bits per heavy atom. The minimum absolute atomic E-state index is 0.0146. The monoisotopic (exact) mass is 390 g/mol. The van der Waals surface area contributed by atoms with Crippen LogP contribution in [0.4, 0.5) is 0 Å². The summed E-state index contributed by atoms with van der Waals surface area (Å²) in [5.74, 6) is -2.10. The summed E-state index contributed by atoms with van der Waals surface area (Å²) < 4.78 is 20.6. The first-order valence-electron chi connectivity index (χ1n) is 8.16. The Balaban J connectivity index is 2.22. The number of aromatic hydroxyl groups is 1. The third-order valence-corrected chi connectivity index (χ3v) is 4.34. The minimum Gasteiger partial charge on any atom is -0.506 e. The summed E-state index contributed by atoms with van der Waals surface area (Å²) in [4.78, 5) is 38.4. The van der Waals surface area contributed by atoms with E-state index in [-0.39, 0.29) is 24.3 Å². The molecule has 1 aromatic heterocycles.